The van der Waals surface area contributed by atoms with E-state index in [4.69, 9.17) is 4.74 Å². The van der Waals surface area contributed by atoms with Gasteiger partial charge in [0.05, 0.1) is 17.1 Å². The zero-order chi connectivity index (χ0) is 15.8. The molecule has 0 radical (unpaired) electrons. The molecule has 0 spiro atoms. The number of anilines is 1. The van der Waals surface area contributed by atoms with Gasteiger partial charge in [0.15, 0.2) is 5.78 Å². The van der Waals surface area contributed by atoms with E-state index in [0.717, 1.165) is 12.8 Å². The Morgan fingerprint density at radius 2 is 2.00 bits per heavy atom. The lowest BCUT2D eigenvalue weighted by Crippen LogP contribution is -2.15. The number of carbonyl (C=O) groups excluding carboxylic acids is 2. The second-order valence-electron chi connectivity index (χ2n) is 4.67. The fraction of sp³-hybridized carbons (Fsp3) is 0.500. The maximum absolute atomic E-state index is 12.3. The number of hydrogen-bond acceptors (Lipinski definition) is 3. The highest BCUT2D eigenvalue weighted by molar-refractivity contribution is 9.10. The molecule has 0 aliphatic carbocycles. The van der Waals surface area contributed by atoms with E-state index in [9.17, 15) is 9.59 Å². The number of halogens is 1. The lowest BCUT2D eigenvalue weighted by Gasteiger charge is -2.14. The molecule has 0 aliphatic heterocycles. The number of benzene rings is 1. The van der Waals surface area contributed by atoms with Gasteiger partial charge in [0, 0.05) is 12.0 Å². The largest absolute Gasteiger partial charge is 0.492 e. The molecule has 1 aromatic carbocycles. The van der Waals surface area contributed by atoms with Gasteiger partial charge in [-0.15, -0.1) is 0 Å². The van der Waals surface area contributed by atoms with Crippen LogP contribution in [0.4, 0.5) is 5.69 Å². The third-order valence-electron chi connectivity index (χ3n) is 2.99. The van der Waals surface area contributed by atoms with Crippen LogP contribution in [0.25, 0.3) is 0 Å². The van der Waals surface area contributed by atoms with E-state index >= 15 is 0 Å². The summed E-state index contributed by atoms with van der Waals surface area (Å²) >= 11 is 3.41. The van der Waals surface area contributed by atoms with Crippen molar-refractivity contribution in [1.82, 2.24) is 0 Å². The van der Waals surface area contributed by atoms with Gasteiger partial charge in [-0.25, -0.2) is 0 Å². The highest BCUT2D eigenvalue weighted by Crippen LogP contribution is 2.28. The predicted molar refractivity (Wildman–Crippen MR) is 88.5 cm³/mol. The zero-order valence-corrected chi connectivity index (χ0v) is 14.3. The first-order chi connectivity index (χ1) is 10.0. The van der Waals surface area contributed by atoms with Crippen molar-refractivity contribution in [2.45, 2.75) is 44.9 Å². The Balaban J connectivity index is 3.01. The van der Waals surface area contributed by atoms with Gasteiger partial charge in [0.1, 0.15) is 5.75 Å². The molecule has 0 heterocycles. The predicted octanol–water partition coefficient (Wildman–Crippen LogP) is 4.18. The number of amides is 1. The van der Waals surface area contributed by atoms with Crippen molar-refractivity contribution in [1.29, 1.82) is 0 Å². The van der Waals surface area contributed by atoms with Crippen molar-refractivity contribution in [2.75, 3.05) is 11.9 Å². The van der Waals surface area contributed by atoms with Crippen LogP contribution in [0, 0.1) is 0 Å². The maximum atomic E-state index is 12.3. The molecule has 0 aliphatic rings. The minimum absolute atomic E-state index is 0.0335. The fourth-order valence-corrected chi connectivity index (χ4v) is 2.58. The molecular weight excluding hydrogens is 334 g/mol. The molecule has 1 rings (SSSR count). The summed E-state index contributed by atoms with van der Waals surface area (Å²) in [5.74, 6) is 0.479. The van der Waals surface area contributed by atoms with Crippen molar-refractivity contribution in [3.05, 3.63) is 23.8 Å². The van der Waals surface area contributed by atoms with Crippen LogP contribution in [0.5, 0.6) is 5.75 Å². The van der Waals surface area contributed by atoms with E-state index < -0.39 is 0 Å². The molecule has 0 bridgehead atoms. The molecule has 1 amide bonds. The first-order valence-corrected chi connectivity index (χ1v) is 8.19. The molecule has 1 unspecified atom stereocenters. The molecule has 0 fully saturated rings. The van der Waals surface area contributed by atoms with Crippen molar-refractivity contribution in [3.63, 3.8) is 0 Å². The number of ketones is 1. The summed E-state index contributed by atoms with van der Waals surface area (Å²) in [5, 5.41) is 2.78. The smallest absolute Gasteiger partial charge is 0.224 e. The number of carbonyl (C=O) groups is 2. The van der Waals surface area contributed by atoms with Gasteiger partial charge >= 0.3 is 0 Å². The number of alkyl halides is 1. The summed E-state index contributed by atoms with van der Waals surface area (Å²) in [5.41, 5.74) is 1.19. The van der Waals surface area contributed by atoms with Crippen LogP contribution in [0.1, 0.15) is 50.4 Å². The Morgan fingerprint density at radius 1 is 1.29 bits per heavy atom. The molecular formula is C16H22BrNO3. The van der Waals surface area contributed by atoms with Crippen LogP contribution in [0.15, 0.2) is 18.2 Å². The monoisotopic (exact) mass is 355 g/mol. The fourth-order valence-electron chi connectivity index (χ4n) is 1.86. The minimum atomic E-state index is -0.187. The van der Waals surface area contributed by atoms with Crippen LogP contribution in [-0.4, -0.2) is 23.1 Å². The van der Waals surface area contributed by atoms with Gasteiger partial charge in [-0.1, -0.05) is 36.2 Å². The molecule has 4 nitrogen and oxygen atoms in total. The third kappa shape index (κ3) is 5.16. The Labute approximate surface area is 134 Å². The Bertz CT molecular complexity index is 502. The van der Waals surface area contributed by atoms with Crippen molar-refractivity contribution in [2.24, 2.45) is 0 Å². The van der Waals surface area contributed by atoms with Crippen LogP contribution < -0.4 is 10.1 Å². The van der Waals surface area contributed by atoms with E-state index in [0.29, 0.717) is 30.0 Å². The molecule has 21 heavy (non-hydrogen) atoms. The Kier molecular flexibility index (Phi) is 7.43. The van der Waals surface area contributed by atoms with Gasteiger partial charge < -0.3 is 10.1 Å². The zero-order valence-electron chi connectivity index (χ0n) is 12.7. The molecule has 0 saturated carbocycles. The highest BCUT2D eigenvalue weighted by atomic mass is 79.9. The van der Waals surface area contributed by atoms with E-state index in [1.54, 1.807) is 25.1 Å². The number of nitrogens with one attached hydrogen (secondary N) is 1. The third-order valence-corrected chi connectivity index (χ3v) is 3.86. The second kappa shape index (κ2) is 8.82. The average molecular weight is 356 g/mol. The van der Waals surface area contributed by atoms with Gasteiger partial charge in [-0.3, -0.25) is 9.59 Å². The van der Waals surface area contributed by atoms with E-state index in [-0.39, 0.29) is 16.5 Å². The van der Waals surface area contributed by atoms with Crippen LogP contribution in [-0.2, 0) is 4.79 Å². The first kappa shape index (κ1) is 17.7. The highest BCUT2D eigenvalue weighted by Gasteiger charge is 2.18. The summed E-state index contributed by atoms with van der Waals surface area (Å²) in [4.78, 5) is 23.6. The summed E-state index contributed by atoms with van der Waals surface area (Å²) < 4.78 is 5.53. The molecule has 1 aromatic rings. The maximum Gasteiger partial charge on any atom is 0.224 e. The van der Waals surface area contributed by atoms with Crippen molar-refractivity contribution >= 4 is 33.3 Å². The number of hydrogen-bond donors (Lipinski definition) is 1. The normalized spacial score (nSPS) is 11.8. The molecule has 1 N–H and O–H groups in total. The van der Waals surface area contributed by atoms with Gasteiger partial charge in [0.2, 0.25) is 5.91 Å². The summed E-state index contributed by atoms with van der Waals surface area (Å²) in [6, 6.07) is 5.14. The minimum Gasteiger partial charge on any atom is -0.492 e. The number of rotatable bonds is 8. The van der Waals surface area contributed by atoms with E-state index in [1.807, 2.05) is 13.8 Å². The molecule has 5 heteroatoms. The van der Waals surface area contributed by atoms with Crippen molar-refractivity contribution in [3.8, 4) is 5.75 Å². The lowest BCUT2D eigenvalue weighted by molar-refractivity contribution is -0.115. The average Bonchev–Trinajstić information content (AvgIpc) is 2.48. The van der Waals surface area contributed by atoms with E-state index in [2.05, 4.69) is 21.2 Å². The Hall–Kier alpha value is -1.36. The SMILES string of the molecule is CCCC(Br)C(=O)c1ccc(NC(=O)CC)c(OCC)c1. The quantitative estimate of drug-likeness (QED) is 0.562. The number of ether oxygens (including phenoxy) is 1. The summed E-state index contributed by atoms with van der Waals surface area (Å²) in [7, 11) is 0. The Morgan fingerprint density at radius 3 is 2.57 bits per heavy atom. The topological polar surface area (TPSA) is 55.4 Å². The first-order valence-electron chi connectivity index (χ1n) is 7.28. The molecule has 0 saturated heterocycles. The molecule has 0 aromatic heterocycles. The van der Waals surface area contributed by atoms with Gasteiger partial charge in [-0.05, 0) is 31.5 Å². The van der Waals surface area contributed by atoms with Gasteiger partial charge in [0.25, 0.3) is 0 Å². The van der Waals surface area contributed by atoms with Crippen LogP contribution in [0.2, 0.25) is 0 Å². The summed E-state index contributed by atoms with van der Waals surface area (Å²) in [6.07, 6.45) is 2.12. The van der Waals surface area contributed by atoms with Crippen LogP contribution in [0.3, 0.4) is 0 Å². The number of Topliss-reactive ketones (excluding diaryl/α,β-unsaturated/α-hetero) is 1. The molecule has 1 atom stereocenters. The van der Waals surface area contributed by atoms with Crippen LogP contribution >= 0.6 is 15.9 Å². The standard InChI is InChI=1S/C16H22BrNO3/c1-4-7-12(17)16(20)11-8-9-13(18-15(19)5-2)14(10-11)21-6-3/h8-10,12H,4-7H2,1-3H3,(H,18,19). The lowest BCUT2D eigenvalue weighted by atomic mass is 10.0. The summed E-state index contributed by atoms with van der Waals surface area (Å²) in [6.45, 7) is 6.16. The van der Waals surface area contributed by atoms with Crippen molar-refractivity contribution < 1.29 is 14.3 Å². The molecule has 116 valence electrons. The van der Waals surface area contributed by atoms with Gasteiger partial charge in [-0.2, -0.15) is 0 Å². The second-order valence-corrected chi connectivity index (χ2v) is 5.77. The van der Waals surface area contributed by atoms with E-state index in [1.165, 1.54) is 0 Å².